The second-order valence-corrected chi connectivity index (χ2v) is 9.03. The molecule has 0 fully saturated rings. The predicted molar refractivity (Wildman–Crippen MR) is 128 cm³/mol. The number of hydrogen-bond donors (Lipinski definition) is 1. The summed E-state index contributed by atoms with van der Waals surface area (Å²) in [6, 6.07) is 25.2. The van der Waals surface area contributed by atoms with Gasteiger partial charge in [-0.2, -0.15) is 4.57 Å². The third-order valence-corrected chi connectivity index (χ3v) is 6.88. The van der Waals surface area contributed by atoms with E-state index in [4.69, 9.17) is 0 Å². The predicted octanol–water partition coefficient (Wildman–Crippen LogP) is 6.73. The molecular weight excluding hydrogens is 436 g/mol. The minimum Gasteiger partial charge on any atom is -0.333 e. The van der Waals surface area contributed by atoms with Gasteiger partial charge in [-0.05, 0) is 35.2 Å². The van der Waals surface area contributed by atoms with Crippen LogP contribution in [-0.4, -0.2) is 9.97 Å². The quantitative estimate of drug-likeness (QED) is 0.295. The number of aromatic nitrogens is 3. The van der Waals surface area contributed by atoms with Crippen molar-refractivity contribution >= 4 is 32.5 Å². The van der Waals surface area contributed by atoms with Gasteiger partial charge in [0.05, 0.1) is 5.56 Å². The van der Waals surface area contributed by atoms with E-state index in [0.717, 1.165) is 11.6 Å². The Kier molecular flexibility index (Phi) is 4.73. The molecule has 6 rings (SSSR count). The maximum atomic E-state index is 14.2. The van der Waals surface area contributed by atoms with Crippen molar-refractivity contribution < 1.29 is 13.3 Å². The van der Waals surface area contributed by atoms with Crippen molar-refractivity contribution in [3.63, 3.8) is 0 Å². The van der Waals surface area contributed by atoms with Crippen molar-refractivity contribution in [1.82, 2.24) is 9.97 Å². The summed E-state index contributed by atoms with van der Waals surface area (Å²) < 4.78 is 31.1. The molecular formula is C27H18F2N3S+. The molecule has 160 valence electrons. The van der Waals surface area contributed by atoms with E-state index in [-0.39, 0.29) is 5.56 Å². The standard InChI is InChI=1S/C27H17F2N3S/c28-21-6-3-5-20(26(21)29)27-30-22-12-13-32(16-23(22)31-27)15-17-8-10-18(11-9-17)25-14-19-4-1-2-7-24(19)33-25/h1-14,16H,15H2/p+1. The molecule has 0 aliphatic heterocycles. The minimum absolute atomic E-state index is 0.120. The maximum Gasteiger partial charge on any atom is 0.195 e. The normalized spacial score (nSPS) is 11.5. The van der Waals surface area contributed by atoms with Crippen LogP contribution in [0, 0.1) is 11.6 Å². The van der Waals surface area contributed by atoms with E-state index in [1.54, 1.807) is 11.3 Å². The first-order chi connectivity index (χ1) is 16.1. The van der Waals surface area contributed by atoms with Gasteiger partial charge in [-0.25, -0.2) is 13.8 Å². The molecule has 0 unspecified atom stereocenters. The number of fused-ring (bicyclic) bond motifs is 2. The number of benzene rings is 3. The summed E-state index contributed by atoms with van der Waals surface area (Å²) in [7, 11) is 0. The maximum absolute atomic E-state index is 14.2. The van der Waals surface area contributed by atoms with Crippen LogP contribution < -0.4 is 4.57 Å². The van der Waals surface area contributed by atoms with E-state index in [9.17, 15) is 8.78 Å². The van der Waals surface area contributed by atoms with Gasteiger partial charge in [-0.3, -0.25) is 0 Å². The number of aromatic amines is 1. The summed E-state index contributed by atoms with van der Waals surface area (Å²) in [5.74, 6) is -1.47. The van der Waals surface area contributed by atoms with Gasteiger partial charge in [0, 0.05) is 21.2 Å². The molecule has 3 aromatic carbocycles. The lowest BCUT2D eigenvalue weighted by Gasteiger charge is -2.01. The van der Waals surface area contributed by atoms with Crippen molar-refractivity contribution in [1.29, 1.82) is 0 Å². The smallest absolute Gasteiger partial charge is 0.195 e. The summed E-state index contributed by atoms with van der Waals surface area (Å²) in [4.78, 5) is 8.79. The highest BCUT2D eigenvalue weighted by molar-refractivity contribution is 7.22. The fourth-order valence-corrected chi connectivity index (χ4v) is 5.09. The number of halogens is 2. The Hall–Kier alpha value is -3.90. The number of nitrogens with zero attached hydrogens (tertiary/aromatic N) is 2. The van der Waals surface area contributed by atoms with Crippen molar-refractivity contribution in [2.75, 3.05) is 0 Å². The fraction of sp³-hybridized carbons (Fsp3) is 0.0370. The SMILES string of the molecule is Fc1cccc(-c2nc3cc[n+](Cc4ccc(-c5cc6ccccc6s5)cc4)cc3[nH]2)c1F. The Balaban J connectivity index is 1.26. The zero-order chi connectivity index (χ0) is 22.4. The van der Waals surface area contributed by atoms with E-state index < -0.39 is 11.6 Å². The summed E-state index contributed by atoms with van der Waals surface area (Å²) in [5, 5.41) is 1.27. The Bertz CT molecular complexity index is 1580. The van der Waals surface area contributed by atoms with Gasteiger partial charge in [-0.1, -0.05) is 48.5 Å². The molecule has 3 nitrogen and oxygen atoms in total. The summed E-state index contributed by atoms with van der Waals surface area (Å²) >= 11 is 1.80. The van der Waals surface area contributed by atoms with E-state index in [0.29, 0.717) is 17.9 Å². The van der Waals surface area contributed by atoms with Crippen LogP contribution in [0.15, 0.2) is 91.3 Å². The molecule has 0 aliphatic rings. The Morgan fingerprint density at radius 1 is 0.909 bits per heavy atom. The van der Waals surface area contributed by atoms with Crippen molar-refractivity contribution in [2.24, 2.45) is 0 Å². The third kappa shape index (κ3) is 3.68. The molecule has 3 heterocycles. The van der Waals surface area contributed by atoms with Crippen LogP contribution in [0.2, 0.25) is 0 Å². The van der Waals surface area contributed by atoms with Gasteiger partial charge >= 0.3 is 0 Å². The van der Waals surface area contributed by atoms with Crippen molar-refractivity contribution in [3.05, 3.63) is 108 Å². The largest absolute Gasteiger partial charge is 0.333 e. The van der Waals surface area contributed by atoms with Crippen molar-refractivity contribution in [2.45, 2.75) is 6.54 Å². The van der Waals surface area contributed by atoms with Gasteiger partial charge < -0.3 is 4.98 Å². The Labute approximate surface area is 192 Å². The molecule has 1 N–H and O–H groups in total. The minimum atomic E-state index is -0.900. The lowest BCUT2D eigenvalue weighted by atomic mass is 10.1. The number of pyridine rings is 1. The Morgan fingerprint density at radius 2 is 1.76 bits per heavy atom. The van der Waals surface area contributed by atoms with Crippen LogP contribution in [0.3, 0.4) is 0 Å². The molecule has 0 bridgehead atoms. The molecule has 0 aliphatic carbocycles. The van der Waals surface area contributed by atoms with Crippen LogP contribution >= 0.6 is 11.3 Å². The number of hydrogen-bond acceptors (Lipinski definition) is 2. The first-order valence-electron chi connectivity index (χ1n) is 10.6. The van der Waals surface area contributed by atoms with Crippen LogP contribution in [0.4, 0.5) is 8.78 Å². The highest BCUT2D eigenvalue weighted by Gasteiger charge is 2.15. The summed E-state index contributed by atoms with van der Waals surface area (Å²) in [5.41, 5.74) is 3.95. The van der Waals surface area contributed by atoms with Crippen molar-refractivity contribution in [3.8, 4) is 21.8 Å². The number of thiophene rings is 1. The van der Waals surface area contributed by atoms with Crippen LogP contribution in [0.25, 0.3) is 42.9 Å². The second kappa shape index (κ2) is 7.90. The first-order valence-corrected chi connectivity index (χ1v) is 11.4. The van der Waals surface area contributed by atoms with E-state index in [1.165, 1.54) is 38.2 Å². The molecule has 0 saturated carbocycles. The van der Waals surface area contributed by atoms with E-state index >= 15 is 0 Å². The highest BCUT2D eigenvalue weighted by Crippen LogP contribution is 2.33. The average molecular weight is 455 g/mol. The van der Waals surface area contributed by atoms with E-state index in [2.05, 4.69) is 64.6 Å². The molecule has 0 amide bonds. The number of imidazole rings is 1. The second-order valence-electron chi connectivity index (χ2n) is 7.95. The molecule has 0 radical (unpaired) electrons. The number of H-pyrrole nitrogens is 1. The zero-order valence-corrected chi connectivity index (χ0v) is 18.2. The van der Waals surface area contributed by atoms with Crippen LogP contribution in [0.5, 0.6) is 0 Å². The average Bonchev–Trinajstić information content (AvgIpc) is 3.45. The molecule has 3 aromatic heterocycles. The third-order valence-electron chi connectivity index (χ3n) is 5.72. The van der Waals surface area contributed by atoms with Crippen LogP contribution in [0.1, 0.15) is 5.56 Å². The molecule has 0 spiro atoms. The topological polar surface area (TPSA) is 32.6 Å². The molecule has 6 heteroatoms. The molecule has 33 heavy (non-hydrogen) atoms. The van der Waals surface area contributed by atoms with Gasteiger partial charge in [-0.15, -0.1) is 11.3 Å². The van der Waals surface area contributed by atoms with Crippen LogP contribution in [-0.2, 0) is 6.54 Å². The first kappa shape index (κ1) is 19.8. The van der Waals surface area contributed by atoms with E-state index in [1.807, 2.05) is 23.0 Å². The van der Waals surface area contributed by atoms with Gasteiger partial charge in [0.25, 0.3) is 0 Å². The monoisotopic (exact) mass is 454 g/mol. The number of rotatable bonds is 4. The number of nitrogens with one attached hydrogen (secondary N) is 1. The van der Waals surface area contributed by atoms with Gasteiger partial charge in [0.1, 0.15) is 16.9 Å². The summed E-state index contributed by atoms with van der Waals surface area (Å²) in [6.07, 6.45) is 3.87. The van der Waals surface area contributed by atoms with Gasteiger partial charge in [0.15, 0.2) is 30.6 Å². The fourth-order valence-electron chi connectivity index (χ4n) is 4.02. The summed E-state index contributed by atoms with van der Waals surface area (Å²) in [6.45, 7) is 0.686. The molecule has 6 aromatic rings. The lowest BCUT2D eigenvalue weighted by Crippen LogP contribution is -2.33. The molecule has 0 atom stereocenters. The molecule has 0 saturated heterocycles. The Morgan fingerprint density at radius 3 is 2.61 bits per heavy atom. The zero-order valence-electron chi connectivity index (χ0n) is 17.4. The van der Waals surface area contributed by atoms with Gasteiger partial charge in [0.2, 0.25) is 0 Å². The highest BCUT2D eigenvalue weighted by atomic mass is 32.1. The lowest BCUT2D eigenvalue weighted by molar-refractivity contribution is -0.687.